The lowest BCUT2D eigenvalue weighted by atomic mass is 9.80. The van der Waals surface area contributed by atoms with Crippen molar-refractivity contribution < 1.29 is 14.3 Å². The van der Waals surface area contributed by atoms with Crippen molar-refractivity contribution in [3.63, 3.8) is 0 Å². The van der Waals surface area contributed by atoms with E-state index in [1.165, 1.54) is 12.0 Å². The molecule has 5 heteroatoms. The molecule has 0 atom stereocenters. The normalized spacial score (nSPS) is 27.2. The molecule has 19 heavy (non-hydrogen) atoms. The second-order valence-electron chi connectivity index (χ2n) is 4.94. The van der Waals surface area contributed by atoms with Gasteiger partial charge in [0.1, 0.15) is 5.54 Å². The summed E-state index contributed by atoms with van der Waals surface area (Å²) in [7, 11) is 3.19. The highest BCUT2D eigenvalue weighted by atomic mass is 32.1. The Labute approximate surface area is 118 Å². The topological polar surface area (TPSA) is 47.6 Å². The molecule has 0 saturated heterocycles. The van der Waals surface area contributed by atoms with Crippen molar-refractivity contribution in [2.45, 2.75) is 43.9 Å². The molecule has 1 aliphatic carbocycles. The number of esters is 1. The molecule has 0 unspecified atom stereocenters. The molecule has 4 nitrogen and oxygen atoms in total. The van der Waals surface area contributed by atoms with Crippen LogP contribution in [0, 0.1) is 0 Å². The molecular weight excluding hydrogens is 262 g/mol. The standard InChI is InChI=1S/C14H21NO3S/c1-17-11-5-7-14(8-6-11,13(16)18-2)15-10-12-4-3-9-19-12/h3-4,9,11,15H,5-8,10H2,1-2H3. The highest BCUT2D eigenvalue weighted by molar-refractivity contribution is 7.09. The summed E-state index contributed by atoms with van der Waals surface area (Å²) in [4.78, 5) is 13.4. The molecule has 2 rings (SSSR count). The van der Waals surface area contributed by atoms with E-state index < -0.39 is 5.54 Å². The molecule has 0 bridgehead atoms. The fraction of sp³-hybridized carbons (Fsp3) is 0.643. The van der Waals surface area contributed by atoms with Crippen LogP contribution in [0.3, 0.4) is 0 Å². The molecule has 1 N–H and O–H groups in total. The molecule has 1 aromatic heterocycles. The minimum Gasteiger partial charge on any atom is -0.468 e. The van der Waals surface area contributed by atoms with Crippen molar-refractivity contribution >= 4 is 17.3 Å². The monoisotopic (exact) mass is 283 g/mol. The number of nitrogens with one attached hydrogen (secondary N) is 1. The maximum absolute atomic E-state index is 12.1. The van der Waals surface area contributed by atoms with E-state index in [-0.39, 0.29) is 12.1 Å². The first-order chi connectivity index (χ1) is 9.20. The van der Waals surface area contributed by atoms with Gasteiger partial charge in [0, 0.05) is 18.5 Å². The summed E-state index contributed by atoms with van der Waals surface area (Å²) in [6.45, 7) is 0.713. The number of thiophene rings is 1. The molecule has 1 saturated carbocycles. The van der Waals surface area contributed by atoms with Crippen LogP contribution >= 0.6 is 11.3 Å². The van der Waals surface area contributed by atoms with E-state index in [0.717, 1.165) is 25.7 Å². The summed E-state index contributed by atoms with van der Waals surface area (Å²) in [5.41, 5.74) is -0.548. The summed E-state index contributed by atoms with van der Waals surface area (Å²) < 4.78 is 10.4. The van der Waals surface area contributed by atoms with Gasteiger partial charge in [-0.05, 0) is 37.1 Å². The van der Waals surface area contributed by atoms with Gasteiger partial charge in [-0.3, -0.25) is 10.1 Å². The van der Waals surface area contributed by atoms with E-state index in [9.17, 15) is 4.79 Å². The van der Waals surface area contributed by atoms with Crippen molar-refractivity contribution in [1.82, 2.24) is 5.32 Å². The fourth-order valence-corrected chi connectivity index (χ4v) is 3.28. The second kappa shape index (κ2) is 6.50. The number of ether oxygens (including phenoxy) is 2. The van der Waals surface area contributed by atoms with Gasteiger partial charge >= 0.3 is 5.97 Å². The van der Waals surface area contributed by atoms with Crippen LogP contribution in [0.25, 0.3) is 0 Å². The fourth-order valence-electron chi connectivity index (χ4n) is 2.64. The van der Waals surface area contributed by atoms with Gasteiger partial charge in [0.2, 0.25) is 0 Å². The number of rotatable bonds is 5. The molecule has 106 valence electrons. The van der Waals surface area contributed by atoms with Crippen molar-refractivity contribution in [1.29, 1.82) is 0 Å². The van der Waals surface area contributed by atoms with Crippen LogP contribution in [0.5, 0.6) is 0 Å². The van der Waals surface area contributed by atoms with Gasteiger partial charge in [-0.2, -0.15) is 0 Å². The van der Waals surface area contributed by atoms with E-state index in [2.05, 4.69) is 11.4 Å². The molecular formula is C14H21NO3S. The van der Waals surface area contributed by atoms with Crippen molar-refractivity contribution in [2.75, 3.05) is 14.2 Å². The molecule has 0 spiro atoms. The zero-order valence-electron chi connectivity index (χ0n) is 11.5. The summed E-state index contributed by atoms with van der Waals surface area (Å²) in [5, 5.41) is 5.46. The predicted molar refractivity (Wildman–Crippen MR) is 75.2 cm³/mol. The largest absolute Gasteiger partial charge is 0.468 e. The third kappa shape index (κ3) is 3.35. The number of methoxy groups -OCH3 is 2. The SMILES string of the molecule is COC(=O)C1(NCc2cccs2)CCC(OC)CC1. The highest BCUT2D eigenvalue weighted by Crippen LogP contribution is 2.31. The Morgan fingerprint density at radius 2 is 2.21 bits per heavy atom. The lowest BCUT2D eigenvalue weighted by Gasteiger charge is -2.38. The van der Waals surface area contributed by atoms with E-state index in [0.29, 0.717) is 6.54 Å². The smallest absolute Gasteiger partial charge is 0.326 e. The van der Waals surface area contributed by atoms with Gasteiger partial charge in [0.15, 0.2) is 0 Å². The Kier molecular flexibility index (Phi) is 4.96. The first kappa shape index (κ1) is 14.5. The maximum atomic E-state index is 12.1. The number of hydrogen-bond donors (Lipinski definition) is 1. The molecule has 0 aliphatic heterocycles. The summed E-state index contributed by atoms with van der Waals surface area (Å²) in [6, 6.07) is 4.09. The number of carbonyl (C=O) groups is 1. The van der Waals surface area contributed by atoms with E-state index in [1.807, 2.05) is 11.4 Å². The van der Waals surface area contributed by atoms with Gasteiger partial charge in [-0.25, -0.2) is 0 Å². The summed E-state index contributed by atoms with van der Waals surface area (Å²) >= 11 is 1.70. The molecule has 0 radical (unpaired) electrons. The van der Waals surface area contributed by atoms with Crippen molar-refractivity contribution in [3.05, 3.63) is 22.4 Å². The Hall–Kier alpha value is -0.910. The first-order valence-corrected chi connectivity index (χ1v) is 7.47. The lowest BCUT2D eigenvalue weighted by Crippen LogP contribution is -2.55. The average Bonchev–Trinajstić information content (AvgIpc) is 2.98. The van der Waals surface area contributed by atoms with Crippen LogP contribution in [0.2, 0.25) is 0 Å². The van der Waals surface area contributed by atoms with Gasteiger partial charge in [-0.15, -0.1) is 11.3 Å². The molecule has 0 amide bonds. The molecule has 1 aromatic rings. The highest BCUT2D eigenvalue weighted by Gasteiger charge is 2.42. The minimum atomic E-state index is -0.548. The van der Waals surface area contributed by atoms with Crippen LogP contribution in [0.1, 0.15) is 30.6 Å². The van der Waals surface area contributed by atoms with Crippen LogP contribution < -0.4 is 5.32 Å². The van der Waals surface area contributed by atoms with Gasteiger partial charge in [0.05, 0.1) is 13.2 Å². The quantitative estimate of drug-likeness (QED) is 0.843. The predicted octanol–water partition coefficient (Wildman–Crippen LogP) is 2.34. The lowest BCUT2D eigenvalue weighted by molar-refractivity contribution is -0.151. The summed E-state index contributed by atoms with van der Waals surface area (Å²) in [6.07, 6.45) is 3.58. The maximum Gasteiger partial charge on any atom is 0.326 e. The Bertz CT molecular complexity index is 397. The molecule has 1 heterocycles. The third-order valence-electron chi connectivity index (χ3n) is 3.88. The van der Waals surface area contributed by atoms with Crippen LogP contribution in [0.15, 0.2) is 17.5 Å². The first-order valence-electron chi connectivity index (χ1n) is 6.59. The Morgan fingerprint density at radius 3 is 2.74 bits per heavy atom. The number of carbonyl (C=O) groups excluding carboxylic acids is 1. The minimum absolute atomic E-state index is 0.154. The molecule has 1 aliphatic rings. The zero-order valence-corrected chi connectivity index (χ0v) is 12.3. The van der Waals surface area contributed by atoms with Gasteiger partial charge < -0.3 is 9.47 Å². The average molecular weight is 283 g/mol. The van der Waals surface area contributed by atoms with Crippen LogP contribution in [-0.4, -0.2) is 31.8 Å². The van der Waals surface area contributed by atoms with Gasteiger partial charge in [0.25, 0.3) is 0 Å². The van der Waals surface area contributed by atoms with Crippen LogP contribution in [-0.2, 0) is 20.8 Å². The van der Waals surface area contributed by atoms with E-state index >= 15 is 0 Å². The third-order valence-corrected chi connectivity index (χ3v) is 4.75. The van der Waals surface area contributed by atoms with Crippen molar-refractivity contribution in [2.24, 2.45) is 0 Å². The Morgan fingerprint density at radius 1 is 1.47 bits per heavy atom. The zero-order chi connectivity index (χ0) is 13.7. The summed E-state index contributed by atoms with van der Waals surface area (Å²) in [5.74, 6) is -0.154. The molecule has 0 aromatic carbocycles. The van der Waals surface area contributed by atoms with Gasteiger partial charge in [-0.1, -0.05) is 6.07 Å². The Balaban J connectivity index is 2.01. The van der Waals surface area contributed by atoms with Crippen LogP contribution in [0.4, 0.5) is 0 Å². The number of hydrogen-bond acceptors (Lipinski definition) is 5. The van der Waals surface area contributed by atoms with E-state index in [1.54, 1.807) is 18.4 Å². The van der Waals surface area contributed by atoms with E-state index in [4.69, 9.17) is 9.47 Å². The van der Waals surface area contributed by atoms with Crippen molar-refractivity contribution in [3.8, 4) is 0 Å². The molecule has 1 fully saturated rings. The second-order valence-corrected chi connectivity index (χ2v) is 5.97.